The second-order valence-electron chi connectivity index (χ2n) is 4.45. The van der Waals surface area contributed by atoms with E-state index in [9.17, 15) is 9.59 Å². The van der Waals surface area contributed by atoms with E-state index in [1.807, 2.05) is 0 Å². The maximum absolute atomic E-state index is 12.0. The van der Waals surface area contributed by atoms with Gasteiger partial charge in [0.2, 0.25) is 5.91 Å². The highest BCUT2D eigenvalue weighted by Crippen LogP contribution is 2.17. The van der Waals surface area contributed by atoms with Crippen LogP contribution in [0.2, 0.25) is 0 Å². The molecule has 0 aromatic rings. The van der Waals surface area contributed by atoms with Crippen molar-refractivity contribution in [2.45, 2.75) is 32.2 Å². The molecule has 16 heavy (non-hydrogen) atoms. The molecule has 0 radical (unpaired) electrons. The van der Waals surface area contributed by atoms with E-state index in [-0.39, 0.29) is 12.3 Å². The molecule has 5 nitrogen and oxygen atoms in total. The largest absolute Gasteiger partial charge is 0.481 e. The number of likely N-dealkylation sites (N-methyl/N-ethyl adjacent to an activating group) is 1. The average Bonchev–Trinajstić information content (AvgIpc) is 2.25. The number of hydrogen-bond acceptors (Lipinski definition) is 3. The Hall–Kier alpha value is -1.10. The third kappa shape index (κ3) is 3.48. The van der Waals surface area contributed by atoms with Crippen LogP contribution in [0.5, 0.6) is 0 Å². The van der Waals surface area contributed by atoms with Gasteiger partial charge in [-0.3, -0.25) is 9.59 Å². The second-order valence-corrected chi connectivity index (χ2v) is 4.45. The van der Waals surface area contributed by atoms with E-state index >= 15 is 0 Å². The van der Waals surface area contributed by atoms with Crippen LogP contribution in [-0.2, 0) is 9.59 Å². The highest BCUT2D eigenvalue weighted by atomic mass is 16.4. The van der Waals surface area contributed by atoms with Crippen LogP contribution in [-0.4, -0.2) is 48.1 Å². The topological polar surface area (TPSA) is 69.6 Å². The van der Waals surface area contributed by atoms with Crippen LogP contribution >= 0.6 is 0 Å². The number of hydrogen-bond donors (Lipinski definition) is 2. The highest BCUT2D eigenvalue weighted by molar-refractivity contribution is 5.86. The zero-order valence-corrected chi connectivity index (χ0v) is 9.90. The van der Waals surface area contributed by atoms with Crippen LogP contribution in [0.1, 0.15) is 26.2 Å². The Kier molecular flexibility index (Phi) is 4.73. The Morgan fingerprint density at radius 1 is 1.44 bits per heavy atom. The number of aliphatic carboxylic acids is 1. The summed E-state index contributed by atoms with van der Waals surface area (Å²) in [7, 11) is 1.62. The molecule has 1 aliphatic heterocycles. The number of carboxylic acids is 1. The van der Waals surface area contributed by atoms with Crippen molar-refractivity contribution < 1.29 is 14.7 Å². The number of carbonyl (C=O) groups excluding carboxylic acids is 1. The van der Waals surface area contributed by atoms with Gasteiger partial charge in [0.1, 0.15) is 0 Å². The number of piperidine rings is 1. The van der Waals surface area contributed by atoms with Crippen LogP contribution in [0.15, 0.2) is 0 Å². The maximum Gasteiger partial charge on any atom is 0.305 e. The lowest BCUT2D eigenvalue weighted by Crippen LogP contribution is -2.48. The molecular formula is C11H20N2O3. The maximum atomic E-state index is 12.0. The van der Waals surface area contributed by atoms with Crippen molar-refractivity contribution in [1.82, 2.24) is 10.2 Å². The van der Waals surface area contributed by atoms with Crippen LogP contribution < -0.4 is 5.32 Å². The summed E-state index contributed by atoms with van der Waals surface area (Å²) in [6, 6.07) is -0.592. The smallest absolute Gasteiger partial charge is 0.305 e. The Bertz CT molecular complexity index is 260. The highest BCUT2D eigenvalue weighted by Gasteiger charge is 2.27. The fraction of sp³-hybridized carbons (Fsp3) is 0.818. The van der Waals surface area contributed by atoms with Gasteiger partial charge < -0.3 is 15.3 Å². The van der Waals surface area contributed by atoms with E-state index in [0.717, 1.165) is 25.9 Å². The Morgan fingerprint density at radius 2 is 2.00 bits per heavy atom. The molecule has 0 aromatic heterocycles. The molecule has 0 spiro atoms. The minimum absolute atomic E-state index is 0.0863. The van der Waals surface area contributed by atoms with E-state index in [4.69, 9.17) is 5.11 Å². The fourth-order valence-electron chi connectivity index (χ4n) is 1.94. The van der Waals surface area contributed by atoms with E-state index in [2.05, 4.69) is 12.2 Å². The predicted octanol–water partition coefficient (Wildman–Crippen LogP) is 0.308. The molecule has 1 atom stereocenters. The molecule has 92 valence electrons. The first-order valence-electron chi connectivity index (χ1n) is 5.72. The molecule has 1 aliphatic rings. The first kappa shape index (κ1) is 13.0. The number of rotatable bonds is 4. The number of carboxylic acid groups (broad SMARTS) is 1. The van der Waals surface area contributed by atoms with Crippen LogP contribution in [0.25, 0.3) is 0 Å². The van der Waals surface area contributed by atoms with Crippen molar-refractivity contribution in [3.63, 3.8) is 0 Å². The van der Waals surface area contributed by atoms with Crippen molar-refractivity contribution >= 4 is 11.9 Å². The molecule has 0 saturated carbocycles. The number of nitrogens with one attached hydrogen (secondary N) is 1. The predicted molar refractivity (Wildman–Crippen MR) is 60.1 cm³/mol. The van der Waals surface area contributed by atoms with Gasteiger partial charge in [-0.1, -0.05) is 6.92 Å². The van der Waals surface area contributed by atoms with Gasteiger partial charge in [0.25, 0.3) is 0 Å². The minimum Gasteiger partial charge on any atom is -0.481 e. The number of carbonyl (C=O) groups is 2. The molecule has 0 unspecified atom stereocenters. The Morgan fingerprint density at radius 3 is 2.44 bits per heavy atom. The van der Waals surface area contributed by atoms with Gasteiger partial charge in [0, 0.05) is 13.1 Å². The van der Waals surface area contributed by atoms with Crippen LogP contribution in [0.3, 0.4) is 0 Å². The van der Waals surface area contributed by atoms with Gasteiger partial charge in [0.05, 0.1) is 12.5 Å². The third-order valence-corrected chi connectivity index (χ3v) is 3.12. The molecule has 1 rings (SSSR count). The number of likely N-dealkylation sites (tertiary alicyclic amines) is 1. The quantitative estimate of drug-likeness (QED) is 0.726. The normalized spacial score (nSPS) is 19.5. The summed E-state index contributed by atoms with van der Waals surface area (Å²) in [6.45, 7) is 3.67. The minimum atomic E-state index is -0.946. The van der Waals surface area contributed by atoms with E-state index < -0.39 is 12.0 Å². The van der Waals surface area contributed by atoms with Crippen molar-refractivity contribution in [3.8, 4) is 0 Å². The van der Waals surface area contributed by atoms with Crippen molar-refractivity contribution in [3.05, 3.63) is 0 Å². The van der Waals surface area contributed by atoms with Gasteiger partial charge in [-0.05, 0) is 25.8 Å². The molecule has 5 heteroatoms. The number of amides is 1. The van der Waals surface area contributed by atoms with Crippen LogP contribution in [0, 0.1) is 5.92 Å². The second kappa shape index (κ2) is 5.84. The Balaban J connectivity index is 2.51. The van der Waals surface area contributed by atoms with Gasteiger partial charge in [-0.15, -0.1) is 0 Å². The summed E-state index contributed by atoms with van der Waals surface area (Å²) < 4.78 is 0. The zero-order valence-electron chi connectivity index (χ0n) is 9.90. The lowest BCUT2D eigenvalue weighted by atomic mass is 9.98. The SMILES string of the molecule is CN[C@@H](CC(=O)O)C(=O)N1CCC(C)CC1. The van der Waals surface area contributed by atoms with Gasteiger partial charge in [-0.25, -0.2) is 0 Å². The number of nitrogens with zero attached hydrogens (tertiary/aromatic N) is 1. The lowest BCUT2D eigenvalue weighted by Gasteiger charge is -2.32. The average molecular weight is 228 g/mol. The van der Waals surface area contributed by atoms with Gasteiger partial charge in [-0.2, -0.15) is 0 Å². The fourth-order valence-corrected chi connectivity index (χ4v) is 1.94. The molecule has 0 bridgehead atoms. The van der Waals surface area contributed by atoms with Crippen molar-refractivity contribution in [2.24, 2.45) is 5.92 Å². The molecule has 2 N–H and O–H groups in total. The summed E-state index contributed by atoms with van der Waals surface area (Å²) in [6.07, 6.45) is 1.87. The standard InChI is InChI=1S/C11H20N2O3/c1-8-3-5-13(6-4-8)11(16)9(12-2)7-10(14)15/h8-9,12H,3-7H2,1-2H3,(H,14,15)/t9-/m0/s1. The van der Waals surface area contributed by atoms with Crippen molar-refractivity contribution in [1.29, 1.82) is 0 Å². The molecule has 1 saturated heterocycles. The molecule has 0 aromatic carbocycles. The van der Waals surface area contributed by atoms with E-state index in [1.54, 1.807) is 11.9 Å². The lowest BCUT2D eigenvalue weighted by molar-refractivity contribution is -0.143. The molecular weight excluding hydrogens is 208 g/mol. The van der Waals surface area contributed by atoms with E-state index in [1.165, 1.54) is 0 Å². The summed E-state index contributed by atoms with van der Waals surface area (Å²) >= 11 is 0. The molecule has 0 aliphatic carbocycles. The summed E-state index contributed by atoms with van der Waals surface area (Å²) in [5, 5.41) is 11.5. The summed E-state index contributed by atoms with van der Waals surface area (Å²) in [4.78, 5) is 24.3. The third-order valence-electron chi connectivity index (χ3n) is 3.12. The van der Waals surface area contributed by atoms with Gasteiger partial charge >= 0.3 is 5.97 Å². The Labute approximate surface area is 95.8 Å². The van der Waals surface area contributed by atoms with Crippen LogP contribution in [0.4, 0.5) is 0 Å². The van der Waals surface area contributed by atoms with E-state index in [0.29, 0.717) is 5.92 Å². The van der Waals surface area contributed by atoms with Crippen molar-refractivity contribution in [2.75, 3.05) is 20.1 Å². The summed E-state index contributed by atoms with van der Waals surface area (Å²) in [5.41, 5.74) is 0. The monoisotopic (exact) mass is 228 g/mol. The zero-order chi connectivity index (χ0) is 12.1. The van der Waals surface area contributed by atoms with Gasteiger partial charge in [0.15, 0.2) is 0 Å². The molecule has 1 fully saturated rings. The molecule has 1 heterocycles. The first-order chi connectivity index (χ1) is 7.54. The first-order valence-corrected chi connectivity index (χ1v) is 5.72. The molecule has 1 amide bonds. The summed E-state index contributed by atoms with van der Waals surface area (Å²) in [5.74, 6) is -0.369.